The van der Waals surface area contributed by atoms with Gasteiger partial charge >= 0.3 is 5.97 Å². The molecule has 84 valence electrons. The van der Waals surface area contributed by atoms with E-state index in [-0.39, 0.29) is 19.0 Å². The summed E-state index contributed by atoms with van der Waals surface area (Å²) in [5.41, 5.74) is 0. The van der Waals surface area contributed by atoms with E-state index in [0.29, 0.717) is 6.61 Å². The molecule has 0 rings (SSSR count). The lowest BCUT2D eigenvalue weighted by atomic mass is 10.2. The first-order valence-electron chi connectivity index (χ1n) is 5.03. The first-order chi connectivity index (χ1) is 6.70. The highest BCUT2D eigenvalue weighted by Gasteiger charge is 2.10. The molecule has 0 bridgehead atoms. The van der Waals surface area contributed by atoms with Crippen molar-refractivity contribution in [2.24, 2.45) is 0 Å². The van der Waals surface area contributed by atoms with Crippen molar-refractivity contribution in [3.8, 4) is 0 Å². The van der Waals surface area contributed by atoms with Gasteiger partial charge in [0.15, 0.2) is 0 Å². The Labute approximate surface area is 85.2 Å². The van der Waals surface area contributed by atoms with Crippen molar-refractivity contribution in [2.45, 2.75) is 38.7 Å². The SMILES string of the molecule is CCCCCOC(=O)CC(O)COC. The zero-order chi connectivity index (χ0) is 10.8. The first-order valence-corrected chi connectivity index (χ1v) is 5.03. The lowest BCUT2D eigenvalue weighted by Gasteiger charge is -2.08. The highest BCUT2D eigenvalue weighted by molar-refractivity contribution is 5.69. The predicted molar refractivity (Wildman–Crippen MR) is 53.0 cm³/mol. The van der Waals surface area contributed by atoms with Crippen LogP contribution in [0, 0.1) is 0 Å². The summed E-state index contributed by atoms with van der Waals surface area (Å²) in [7, 11) is 1.48. The van der Waals surface area contributed by atoms with Crippen molar-refractivity contribution in [3.63, 3.8) is 0 Å². The van der Waals surface area contributed by atoms with Crippen molar-refractivity contribution in [1.82, 2.24) is 0 Å². The number of unbranched alkanes of at least 4 members (excludes halogenated alkanes) is 2. The molecule has 4 nitrogen and oxygen atoms in total. The molecule has 4 heteroatoms. The molecule has 0 saturated heterocycles. The van der Waals surface area contributed by atoms with Crippen LogP contribution in [0.2, 0.25) is 0 Å². The number of methoxy groups -OCH3 is 1. The summed E-state index contributed by atoms with van der Waals surface area (Å²) in [6.07, 6.45) is 2.32. The minimum absolute atomic E-state index is 0.0139. The van der Waals surface area contributed by atoms with E-state index in [1.165, 1.54) is 7.11 Å². The molecule has 0 aromatic carbocycles. The van der Waals surface area contributed by atoms with Gasteiger partial charge < -0.3 is 14.6 Å². The van der Waals surface area contributed by atoms with Gasteiger partial charge in [0.2, 0.25) is 0 Å². The Balaban J connectivity index is 3.35. The minimum atomic E-state index is -0.751. The van der Waals surface area contributed by atoms with Crippen molar-refractivity contribution in [3.05, 3.63) is 0 Å². The van der Waals surface area contributed by atoms with Gasteiger partial charge in [0.25, 0.3) is 0 Å². The highest BCUT2D eigenvalue weighted by atomic mass is 16.5. The second-order valence-corrected chi connectivity index (χ2v) is 3.24. The number of hydrogen-bond donors (Lipinski definition) is 1. The van der Waals surface area contributed by atoms with E-state index < -0.39 is 6.10 Å². The molecule has 14 heavy (non-hydrogen) atoms. The fourth-order valence-corrected chi connectivity index (χ4v) is 1.04. The van der Waals surface area contributed by atoms with Gasteiger partial charge in [-0.3, -0.25) is 4.79 Å². The molecular weight excluding hydrogens is 184 g/mol. The fraction of sp³-hybridized carbons (Fsp3) is 0.900. The van der Waals surface area contributed by atoms with E-state index in [1.807, 2.05) is 0 Å². The van der Waals surface area contributed by atoms with E-state index in [4.69, 9.17) is 4.74 Å². The molecule has 1 unspecified atom stereocenters. The molecule has 0 aliphatic rings. The van der Waals surface area contributed by atoms with Gasteiger partial charge in [0, 0.05) is 7.11 Å². The summed E-state index contributed by atoms with van der Waals surface area (Å²) in [5.74, 6) is -0.356. The molecule has 0 aromatic rings. The van der Waals surface area contributed by atoms with Gasteiger partial charge in [-0.1, -0.05) is 19.8 Å². The zero-order valence-electron chi connectivity index (χ0n) is 8.99. The Morgan fingerprint density at radius 2 is 2.14 bits per heavy atom. The number of aliphatic hydroxyl groups is 1. The number of aliphatic hydroxyl groups excluding tert-OH is 1. The average molecular weight is 204 g/mol. The van der Waals surface area contributed by atoms with Crippen molar-refractivity contribution < 1.29 is 19.4 Å². The Hall–Kier alpha value is -0.610. The number of hydrogen-bond acceptors (Lipinski definition) is 4. The number of ether oxygens (including phenoxy) is 2. The minimum Gasteiger partial charge on any atom is -0.466 e. The number of carbonyl (C=O) groups is 1. The number of esters is 1. The standard InChI is InChI=1S/C10H20O4/c1-3-4-5-6-14-10(12)7-9(11)8-13-2/h9,11H,3-8H2,1-2H3. The first kappa shape index (κ1) is 13.4. The molecule has 0 spiro atoms. The average Bonchev–Trinajstić information content (AvgIpc) is 2.13. The van der Waals surface area contributed by atoms with Crippen LogP contribution in [0.3, 0.4) is 0 Å². The van der Waals surface area contributed by atoms with Crippen LogP contribution in [0.25, 0.3) is 0 Å². The van der Waals surface area contributed by atoms with Gasteiger partial charge in [-0.2, -0.15) is 0 Å². The van der Waals surface area contributed by atoms with E-state index in [0.717, 1.165) is 19.3 Å². The topological polar surface area (TPSA) is 55.8 Å². The zero-order valence-corrected chi connectivity index (χ0v) is 8.99. The van der Waals surface area contributed by atoms with Gasteiger partial charge in [-0.15, -0.1) is 0 Å². The molecule has 0 aliphatic heterocycles. The van der Waals surface area contributed by atoms with Crippen LogP contribution in [0.5, 0.6) is 0 Å². The maximum atomic E-state index is 11.1. The second kappa shape index (κ2) is 8.97. The van der Waals surface area contributed by atoms with E-state index in [2.05, 4.69) is 11.7 Å². The summed E-state index contributed by atoms with van der Waals surface area (Å²) in [6.45, 7) is 2.71. The van der Waals surface area contributed by atoms with E-state index in [1.54, 1.807) is 0 Å². The lowest BCUT2D eigenvalue weighted by molar-refractivity contribution is -0.146. The largest absolute Gasteiger partial charge is 0.466 e. The Morgan fingerprint density at radius 3 is 2.71 bits per heavy atom. The second-order valence-electron chi connectivity index (χ2n) is 3.24. The monoisotopic (exact) mass is 204 g/mol. The van der Waals surface area contributed by atoms with E-state index >= 15 is 0 Å². The van der Waals surface area contributed by atoms with Crippen LogP contribution in [0.15, 0.2) is 0 Å². The summed E-state index contributed by atoms with van der Waals surface area (Å²) in [6, 6.07) is 0. The quantitative estimate of drug-likeness (QED) is 0.475. The van der Waals surface area contributed by atoms with Crippen molar-refractivity contribution in [1.29, 1.82) is 0 Å². The van der Waals surface area contributed by atoms with Crippen LogP contribution in [0.4, 0.5) is 0 Å². The van der Waals surface area contributed by atoms with Crippen LogP contribution in [0.1, 0.15) is 32.6 Å². The summed E-state index contributed by atoms with van der Waals surface area (Å²) in [4.78, 5) is 11.1. The smallest absolute Gasteiger partial charge is 0.308 e. The Morgan fingerprint density at radius 1 is 1.43 bits per heavy atom. The number of rotatable bonds is 8. The van der Waals surface area contributed by atoms with Gasteiger partial charge in [-0.25, -0.2) is 0 Å². The van der Waals surface area contributed by atoms with Crippen LogP contribution >= 0.6 is 0 Å². The van der Waals surface area contributed by atoms with Gasteiger partial charge in [0.1, 0.15) is 0 Å². The molecule has 0 amide bonds. The molecule has 1 N–H and O–H groups in total. The van der Waals surface area contributed by atoms with E-state index in [9.17, 15) is 9.90 Å². The molecule has 0 heterocycles. The maximum Gasteiger partial charge on any atom is 0.308 e. The fourth-order valence-electron chi connectivity index (χ4n) is 1.04. The molecule has 0 saturated carbocycles. The van der Waals surface area contributed by atoms with Crippen molar-refractivity contribution >= 4 is 5.97 Å². The van der Waals surface area contributed by atoms with Crippen LogP contribution < -0.4 is 0 Å². The maximum absolute atomic E-state index is 11.1. The van der Waals surface area contributed by atoms with Crippen LogP contribution in [-0.4, -0.2) is 37.5 Å². The number of carbonyl (C=O) groups excluding carboxylic acids is 1. The predicted octanol–water partition coefficient (Wildman–Crippen LogP) is 1.12. The van der Waals surface area contributed by atoms with Crippen molar-refractivity contribution in [2.75, 3.05) is 20.3 Å². The van der Waals surface area contributed by atoms with Gasteiger partial charge in [0.05, 0.1) is 25.7 Å². The molecule has 0 aromatic heterocycles. The summed E-state index contributed by atoms with van der Waals surface area (Å²) in [5, 5.41) is 9.20. The normalized spacial score (nSPS) is 12.5. The summed E-state index contributed by atoms with van der Waals surface area (Å²) >= 11 is 0. The lowest BCUT2D eigenvalue weighted by Crippen LogP contribution is -2.20. The molecule has 0 fully saturated rings. The Bertz CT molecular complexity index is 147. The van der Waals surface area contributed by atoms with Crippen LogP contribution in [-0.2, 0) is 14.3 Å². The molecule has 1 atom stereocenters. The summed E-state index contributed by atoms with van der Waals surface area (Å²) < 4.78 is 9.60. The molecule has 0 aliphatic carbocycles. The highest BCUT2D eigenvalue weighted by Crippen LogP contribution is 1.98. The van der Waals surface area contributed by atoms with Gasteiger partial charge in [-0.05, 0) is 6.42 Å². The molecule has 0 radical (unpaired) electrons. The third-order valence-corrected chi connectivity index (χ3v) is 1.77. The third kappa shape index (κ3) is 8.01. The molecular formula is C10H20O4. The Kier molecular flexibility index (Phi) is 8.57. The third-order valence-electron chi connectivity index (χ3n) is 1.77.